The van der Waals surface area contributed by atoms with Crippen molar-refractivity contribution in [2.75, 3.05) is 12.9 Å². The first kappa shape index (κ1) is 13.9. The molecule has 1 atom stereocenters. The highest BCUT2D eigenvalue weighted by Gasteiger charge is 2.16. The Morgan fingerprint density at radius 2 is 2.17 bits per heavy atom. The smallest absolute Gasteiger partial charge is 0.0764 e. The van der Waals surface area contributed by atoms with Crippen molar-refractivity contribution in [1.29, 1.82) is 0 Å². The van der Waals surface area contributed by atoms with Gasteiger partial charge >= 0.3 is 0 Å². The van der Waals surface area contributed by atoms with Crippen LogP contribution >= 0.6 is 11.6 Å². The molecule has 1 aromatic rings. The SMILES string of the molecule is CC(CCl)N(C)Cc1ccn(C2CCCCC2)n1. The van der Waals surface area contributed by atoms with Crippen molar-refractivity contribution in [2.24, 2.45) is 0 Å². The molecule has 0 saturated heterocycles. The van der Waals surface area contributed by atoms with Crippen molar-refractivity contribution < 1.29 is 0 Å². The van der Waals surface area contributed by atoms with E-state index in [1.807, 2.05) is 0 Å². The summed E-state index contributed by atoms with van der Waals surface area (Å²) >= 11 is 5.87. The first-order valence-electron chi connectivity index (χ1n) is 7.01. The lowest BCUT2D eigenvalue weighted by Gasteiger charge is -2.23. The molecule has 0 amide bonds. The van der Waals surface area contributed by atoms with Crippen LogP contribution in [0.25, 0.3) is 0 Å². The molecule has 0 N–H and O–H groups in total. The van der Waals surface area contributed by atoms with E-state index >= 15 is 0 Å². The van der Waals surface area contributed by atoms with Gasteiger partial charge in [-0.05, 0) is 32.9 Å². The monoisotopic (exact) mass is 269 g/mol. The Kier molecular flexibility index (Phi) is 5.07. The second-order valence-corrected chi connectivity index (χ2v) is 5.81. The van der Waals surface area contributed by atoms with E-state index in [9.17, 15) is 0 Å². The van der Waals surface area contributed by atoms with Crippen LogP contribution in [0.15, 0.2) is 12.3 Å². The van der Waals surface area contributed by atoms with Gasteiger partial charge in [0.2, 0.25) is 0 Å². The number of hydrogen-bond acceptors (Lipinski definition) is 2. The zero-order valence-corrected chi connectivity index (χ0v) is 12.2. The van der Waals surface area contributed by atoms with E-state index in [1.54, 1.807) is 0 Å². The second kappa shape index (κ2) is 6.58. The van der Waals surface area contributed by atoms with Crippen LogP contribution in [0, 0.1) is 0 Å². The Hall–Kier alpha value is -0.540. The zero-order valence-electron chi connectivity index (χ0n) is 11.5. The zero-order chi connectivity index (χ0) is 13.0. The molecule has 0 radical (unpaired) electrons. The maximum Gasteiger partial charge on any atom is 0.0764 e. The van der Waals surface area contributed by atoms with Crippen molar-refractivity contribution in [1.82, 2.24) is 14.7 Å². The summed E-state index contributed by atoms with van der Waals surface area (Å²) < 4.78 is 2.17. The molecule has 1 saturated carbocycles. The van der Waals surface area contributed by atoms with Crippen LogP contribution in [-0.2, 0) is 6.54 Å². The summed E-state index contributed by atoms with van der Waals surface area (Å²) in [5.41, 5.74) is 1.15. The number of alkyl halides is 1. The Morgan fingerprint density at radius 3 is 2.83 bits per heavy atom. The van der Waals surface area contributed by atoms with Crippen LogP contribution in [0.3, 0.4) is 0 Å². The van der Waals surface area contributed by atoms with Gasteiger partial charge in [0, 0.05) is 24.7 Å². The maximum atomic E-state index is 5.87. The average Bonchev–Trinajstić information content (AvgIpc) is 2.87. The van der Waals surface area contributed by atoms with Gasteiger partial charge in [-0.2, -0.15) is 5.10 Å². The molecule has 1 aromatic heterocycles. The molecule has 0 bridgehead atoms. The van der Waals surface area contributed by atoms with Gasteiger partial charge in [-0.25, -0.2) is 0 Å². The molecule has 0 aliphatic heterocycles. The van der Waals surface area contributed by atoms with Gasteiger partial charge in [0.15, 0.2) is 0 Å². The van der Waals surface area contributed by atoms with Crippen LogP contribution in [0.2, 0.25) is 0 Å². The largest absolute Gasteiger partial charge is 0.297 e. The molecule has 4 heteroatoms. The molecule has 18 heavy (non-hydrogen) atoms. The van der Waals surface area contributed by atoms with E-state index in [2.05, 4.69) is 35.8 Å². The van der Waals surface area contributed by atoms with Crippen LogP contribution in [0.1, 0.15) is 50.8 Å². The highest BCUT2D eigenvalue weighted by atomic mass is 35.5. The minimum atomic E-state index is 0.395. The average molecular weight is 270 g/mol. The number of aromatic nitrogens is 2. The van der Waals surface area contributed by atoms with E-state index in [0.29, 0.717) is 18.0 Å². The fourth-order valence-electron chi connectivity index (χ4n) is 2.54. The standard InChI is InChI=1S/C14H24ClN3/c1-12(10-15)17(2)11-13-8-9-18(16-13)14-6-4-3-5-7-14/h8-9,12,14H,3-7,10-11H2,1-2H3. The van der Waals surface area contributed by atoms with Gasteiger partial charge in [-0.3, -0.25) is 9.58 Å². The normalized spacial score (nSPS) is 19.3. The lowest BCUT2D eigenvalue weighted by atomic mass is 9.96. The minimum absolute atomic E-state index is 0.395. The third-order valence-electron chi connectivity index (χ3n) is 4.00. The van der Waals surface area contributed by atoms with Gasteiger partial charge in [-0.15, -0.1) is 11.6 Å². The predicted octanol–water partition coefficient (Wildman–Crippen LogP) is 3.45. The summed E-state index contributed by atoms with van der Waals surface area (Å²) in [7, 11) is 2.10. The quantitative estimate of drug-likeness (QED) is 0.764. The highest BCUT2D eigenvalue weighted by molar-refractivity contribution is 6.18. The summed E-state index contributed by atoms with van der Waals surface area (Å²) in [4.78, 5) is 2.25. The van der Waals surface area contributed by atoms with Crippen molar-refractivity contribution in [3.63, 3.8) is 0 Å². The van der Waals surface area contributed by atoms with Crippen molar-refractivity contribution in [2.45, 2.75) is 57.7 Å². The molecule has 1 unspecified atom stereocenters. The molecule has 3 nitrogen and oxygen atoms in total. The van der Waals surface area contributed by atoms with Gasteiger partial charge in [0.05, 0.1) is 11.7 Å². The van der Waals surface area contributed by atoms with Crippen LogP contribution in [0.4, 0.5) is 0 Å². The third kappa shape index (κ3) is 3.48. The van der Waals surface area contributed by atoms with Crippen molar-refractivity contribution in [3.8, 4) is 0 Å². The molecule has 1 aliphatic carbocycles. The Morgan fingerprint density at radius 1 is 1.44 bits per heavy atom. The van der Waals surface area contributed by atoms with Gasteiger partial charge in [0.25, 0.3) is 0 Å². The Labute approximate surface area is 115 Å². The molecule has 2 rings (SSSR count). The van der Waals surface area contributed by atoms with Gasteiger partial charge in [0.1, 0.15) is 0 Å². The van der Waals surface area contributed by atoms with E-state index < -0.39 is 0 Å². The fraction of sp³-hybridized carbons (Fsp3) is 0.786. The maximum absolute atomic E-state index is 5.87. The molecular formula is C14H24ClN3. The number of hydrogen-bond donors (Lipinski definition) is 0. The number of nitrogens with zero attached hydrogens (tertiary/aromatic N) is 3. The summed E-state index contributed by atoms with van der Waals surface area (Å²) in [6, 6.07) is 3.17. The lowest BCUT2D eigenvalue weighted by molar-refractivity contribution is 0.261. The molecule has 1 fully saturated rings. The second-order valence-electron chi connectivity index (χ2n) is 5.50. The van der Waals surface area contributed by atoms with E-state index in [-0.39, 0.29) is 0 Å². The number of halogens is 1. The van der Waals surface area contributed by atoms with E-state index in [0.717, 1.165) is 12.2 Å². The summed E-state index contributed by atoms with van der Waals surface area (Å²) in [6.07, 6.45) is 8.81. The highest BCUT2D eigenvalue weighted by Crippen LogP contribution is 2.27. The minimum Gasteiger partial charge on any atom is -0.297 e. The topological polar surface area (TPSA) is 21.1 Å². The van der Waals surface area contributed by atoms with E-state index in [4.69, 9.17) is 16.7 Å². The first-order chi connectivity index (χ1) is 8.70. The number of rotatable bonds is 5. The molecule has 0 aromatic carbocycles. The summed E-state index contributed by atoms with van der Waals surface area (Å²) in [5, 5.41) is 4.72. The molecule has 1 heterocycles. The lowest BCUT2D eigenvalue weighted by Crippen LogP contribution is -2.30. The Bertz CT molecular complexity index is 358. The Balaban J connectivity index is 1.93. The first-order valence-corrected chi connectivity index (χ1v) is 7.54. The predicted molar refractivity (Wildman–Crippen MR) is 76.0 cm³/mol. The molecule has 102 valence electrons. The van der Waals surface area contributed by atoms with Crippen LogP contribution < -0.4 is 0 Å². The summed E-state index contributed by atoms with van der Waals surface area (Å²) in [6.45, 7) is 3.03. The van der Waals surface area contributed by atoms with E-state index in [1.165, 1.54) is 32.1 Å². The van der Waals surface area contributed by atoms with Crippen LogP contribution in [-0.4, -0.2) is 33.6 Å². The van der Waals surface area contributed by atoms with Crippen molar-refractivity contribution >= 4 is 11.6 Å². The van der Waals surface area contributed by atoms with Crippen LogP contribution in [0.5, 0.6) is 0 Å². The third-order valence-corrected chi connectivity index (χ3v) is 4.45. The fourth-order valence-corrected chi connectivity index (χ4v) is 2.78. The van der Waals surface area contributed by atoms with Crippen molar-refractivity contribution in [3.05, 3.63) is 18.0 Å². The van der Waals surface area contributed by atoms with Gasteiger partial charge < -0.3 is 0 Å². The molecular weight excluding hydrogens is 246 g/mol. The summed E-state index contributed by atoms with van der Waals surface area (Å²) in [5.74, 6) is 0.667. The molecule has 1 aliphatic rings. The molecule has 0 spiro atoms. The van der Waals surface area contributed by atoms with Gasteiger partial charge in [-0.1, -0.05) is 19.3 Å².